The first kappa shape index (κ1) is 12.7. The number of hydrogen-bond donors (Lipinski definition) is 1. The summed E-state index contributed by atoms with van der Waals surface area (Å²) in [5, 5.41) is 10.1. The van der Waals surface area contributed by atoms with E-state index in [-0.39, 0.29) is 6.10 Å². The second kappa shape index (κ2) is 5.74. The van der Waals surface area contributed by atoms with Crippen molar-refractivity contribution in [2.24, 2.45) is 5.92 Å². The fraction of sp³-hybridized carbons (Fsp3) is 0.571. The number of benzene rings is 1. The Kier molecular flexibility index (Phi) is 4.30. The number of methoxy groups -OCH3 is 1. The first-order valence-electron chi connectivity index (χ1n) is 6.19. The molecule has 3 heteroatoms. The average molecular weight is 255 g/mol. The molecule has 17 heavy (non-hydrogen) atoms. The third-order valence-electron chi connectivity index (χ3n) is 3.56. The van der Waals surface area contributed by atoms with Crippen LogP contribution in [-0.4, -0.2) is 18.3 Å². The summed E-state index contributed by atoms with van der Waals surface area (Å²) >= 11 is 6.11. The van der Waals surface area contributed by atoms with Crippen LogP contribution in [0.5, 0.6) is 5.75 Å². The van der Waals surface area contributed by atoms with E-state index in [2.05, 4.69) is 6.07 Å². The van der Waals surface area contributed by atoms with Gasteiger partial charge in [-0.25, -0.2) is 0 Å². The van der Waals surface area contributed by atoms with E-state index in [0.29, 0.717) is 10.9 Å². The van der Waals surface area contributed by atoms with Crippen LogP contribution in [0.4, 0.5) is 0 Å². The topological polar surface area (TPSA) is 29.5 Å². The van der Waals surface area contributed by atoms with Gasteiger partial charge in [0, 0.05) is 0 Å². The Morgan fingerprint density at radius 3 is 2.59 bits per heavy atom. The molecule has 0 aromatic heterocycles. The normalized spacial score (nSPS) is 24.6. The Labute approximate surface area is 108 Å². The minimum Gasteiger partial charge on any atom is -0.495 e. The number of ether oxygens (including phenoxy) is 1. The van der Waals surface area contributed by atoms with Crippen LogP contribution in [0, 0.1) is 5.92 Å². The molecule has 94 valence electrons. The monoisotopic (exact) mass is 254 g/mol. The van der Waals surface area contributed by atoms with E-state index in [9.17, 15) is 5.11 Å². The molecule has 0 aliphatic heterocycles. The highest BCUT2D eigenvalue weighted by molar-refractivity contribution is 6.32. The standard InChI is InChI=1S/C14H19ClO2/c1-17-14-7-4-11(9-13(14)15)8-10-2-5-12(16)6-3-10/h4,7,9-10,12,16H,2-3,5-6,8H2,1H3. The van der Waals surface area contributed by atoms with E-state index in [1.165, 1.54) is 5.56 Å². The van der Waals surface area contributed by atoms with Gasteiger partial charge in [-0.1, -0.05) is 17.7 Å². The number of halogens is 1. The van der Waals surface area contributed by atoms with Crippen LogP contribution in [-0.2, 0) is 6.42 Å². The van der Waals surface area contributed by atoms with Gasteiger partial charge in [0.25, 0.3) is 0 Å². The molecule has 1 aliphatic carbocycles. The summed E-state index contributed by atoms with van der Waals surface area (Å²) in [5.74, 6) is 1.41. The Morgan fingerprint density at radius 2 is 2.00 bits per heavy atom. The molecule has 0 atom stereocenters. The maximum atomic E-state index is 9.47. The summed E-state index contributed by atoms with van der Waals surface area (Å²) in [5.41, 5.74) is 1.26. The van der Waals surface area contributed by atoms with Gasteiger partial charge in [0.1, 0.15) is 5.75 Å². The first-order valence-corrected chi connectivity index (χ1v) is 6.57. The van der Waals surface area contributed by atoms with Gasteiger partial charge in [-0.2, -0.15) is 0 Å². The Morgan fingerprint density at radius 1 is 1.29 bits per heavy atom. The van der Waals surface area contributed by atoms with Crippen LogP contribution in [0.15, 0.2) is 18.2 Å². The van der Waals surface area contributed by atoms with Gasteiger partial charge < -0.3 is 9.84 Å². The lowest BCUT2D eigenvalue weighted by molar-refractivity contribution is 0.109. The third-order valence-corrected chi connectivity index (χ3v) is 3.85. The van der Waals surface area contributed by atoms with Gasteiger partial charge in [0.2, 0.25) is 0 Å². The Bertz CT molecular complexity index is 370. The molecular formula is C14H19ClO2. The van der Waals surface area contributed by atoms with E-state index in [1.807, 2.05) is 12.1 Å². The lowest BCUT2D eigenvalue weighted by atomic mass is 9.83. The van der Waals surface area contributed by atoms with E-state index in [4.69, 9.17) is 16.3 Å². The minimum atomic E-state index is -0.0781. The largest absolute Gasteiger partial charge is 0.495 e. The molecule has 0 bridgehead atoms. The van der Waals surface area contributed by atoms with Crippen molar-refractivity contribution in [3.63, 3.8) is 0 Å². The van der Waals surface area contributed by atoms with Gasteiger partial charge in [0.15, 0.2) is 0 Å². The van der Waals surface area contributed by atoms with Crippen molar-refractivity contribution in [1.29, 1.82) is 0 Å². The zero-order chi connectivity index (χ0) is 12.3. The molecule has 2 rings (SSSR count). The van der Waals surface area contributed by atoms with Gasteiger partial charge in [-0.15, -0.1) is 0 Å². The molecule has 0 saturated heterocycles. The summed E-state index contributed by atoms with van der Waals surface area (Å²) in [6.45, 7) is 0. The Balaban J connectivity index is 1.97. The quantitative estimate of drug-likeness (QED) is 0.895. The van der Waals surface area contributed by atoms with Crippen molar-refractivity contribution in [1.82, 2.24) is 0 Å². The van der Waals surface area contributed by atoms with E-state index in [1.54, 1.807) is 7.11 Å². The molecule has 0 radical (unpaired) electrons. The lowest BCUT2D eigenvalue weighted by Gasteiger charge is -2.25. The SMILES string of the molecule is COc1ccc(CC2CCC(O)CC2)cc1Cl. The van der Waals surface area contributed by atoms with Crippen LogP contribution in [0.1, 0.15) is 31.2 Å². The lowest BCUT2D eigenvalue weighted by Crippen LogP contribution is -2.19. The first-order chi connectivity index (χ1) is 8.19. The minimum absolute atomic E-state index is 0.0781. The molecule has 1 fully saturated rings. The number of aliphatic hydroxyl groups is 1. The molecule has 1 saturated carbocycles. The Hall–Kier alpha value is -0.730. The van der Waals surface area contributed by atoms with Gasteiger partial charge in [-0.05, 0) is 55.7 Å². The molecular weight excluding hydrogens is 236 g/mol. The highest BCUT2D eigenvalue weighted by Gasteiger charge is 2.19. The van der Waals surface area contributed by atoms with Crippen LogP contribution >= 0.6 is 11.6 Å². The molecule has 2 nitrogen and oxygen atoms in total. The number of aliphatic hydroxyl groups excluding tert-OH is 1. The number of rotatable bonds is 3. The van der Waals surface area contributed by atoms with Crippen molar-refractivity contribution in [3.05, 3.63) is 28.8 Å². The van der Waals surface area contributed by atoms with Gasteiger partial charge in [-0.3, -0.25) is 0 Å². The fourth-order valence-electron chi connectivity index (χ4n) is 2.52. The van der Waals surface area contributed by atoms with E-state index >= 15 is 0 Å². The summed E-state index contributed by atoms with van der Waals surface area (Å²) in [4.78, 5) is 0. The maximum absolute atomic E-state index is 9.47. The predicted octanol–water partition coefficient (Wildman–Crippen LogP) is 3.44. The van der Waals surface area contributed by atoms with Crippen LogP contribution in [0.25, 0.3) is 0 Å². The van der Waals surface area contributed by atoms with Gasteiger partial charge in [0.05, 0.1) is 18.2 Å². The summed E-state index contributed by atoms with van der Waals surface area (Å²) in [7, 11) is 1.63. The highest BCUT2D eigenvalue weighted by Crippen LogP contribution is 2.30. The molecule has 1 aliphatic rings. The highest BCUT2D eigenvalue weighted by atomic mass is 35.5. The molecule has 1 N–H and O–H groups in total. The fourth-order valence-corrected chi connectivity index (χ4v) is 2.80. The summed E-state index contributed by atoms with van der Waals surface area (Å²) < 4.78 is 5.14. The summed E-state index contributed by atoms with van der Waals surface area (Å²) in [6, 6.07) is 6.00. The molecule has 1 aromatic rings. The van der Waals surface area contributed by atoms with Crippen molar-refractivity contribution in [2.75, 3.05) is 7.11 Å². The predicted molar refractivity (Wildman–Crippen MR) is 69.7 cm³/mol. The average Bonchev–Trinajstić information content (AvgIpc) is 2.32. The van der Waals surface area contributed by atoms with Crippen molar-refractivity contribution in [3.8, 4) is 5.75 Å². The smallest absolute Gasteiger partial charge is 0.137 e. The van der Waals surface area contributed by atoms with Crippen molar-refractivity contribution in [2.45, 2.75) is 38.2 Å². The molecule has 0 heterocycles. The molecule has 1 aromatic carbocycles. The molecule has 0 amide bonds. The third kappa shape index (κ3) is 3.36. The van der Waals surface area contributed by atoms with Crippen molar-refractivity contribution >= 4 is 11.6 Å². The zero-order valence-corrected chi connectivity index (χ0v) is 10.9. The zero-order valence-electron chi connectivity index (χ0n) is 10.2. The van der Waals surface area contributed by atoms with Gasteiger partial charge >= 0.3 is 0 Å². The van der Waals surface area contributed by atoms with Crippen LogP contribution in [0.2, 0.25) is 5.02 Å². The maximum Gasteiger partial charge on any atom is 0.137 e. The van der Waals surface area contributed by atoms with E-state index in [0.717, 1.165) is 37.9 Å². The number of hydrogen-bond acceptors (Lipinski definition) is 2. The van der Waals surface area contributed by atoms with E-state index < -0.39 is 0 Å². The second-order valence-electron chi connectivity index (χ2n) is 4.85. The molecule has 0 unspecified atom stereocenters. The van der Waals surface area contributed by atoms with Crippen LogP contribution in [0.3, 0.4) is 0 Å². The van der Waals surface area contributed by atoms with Crippen LogP contribution < -0.4 is 4.74 Å². The second-order valence-corrected chi connectivity index (χ2v) is 5.25. The van der Waals surface area contributed by atoms with Crippen molar-refractivity contribution < 1.29 is 9.84 Å². The molecule has 0 spiro atoms. The summed E-state index contributed by atoms with van der Waals surface area (Å²) in [6.07, 6.45) is 5.08.